The number of amides is 1. The van der Waals surface area contributed by atoms with E-state index in [1.165, 1.54) is 0 Å². The molecule has 3 aliphatic rings. The van der Waals surface area contributed by atoms with E-state index < -0.39 is 16.1 Å². The van der Waals surface area contributed by atoms with Gasteiger partial charge in [-0.15, -0.1) is 4.40 Å². The lowest BCUT2D eigenvalue weighted by molar-refractivity contribution is -0.125. The molecule has 7 nitrogen and oxygen atoms in total. The first-order chi connectivity index (χ1) is 14.4. The van der Waals surface area contributed by atoms with Gasteiger partial charge in [0, 0.05) is 28.6 Å². The predicted octanol–water partition coefficient (Wildman–Crippen LogP) is 3.00. The number of hydrogen-bond acceptors (Lipinski definition) is 5. The lowest BCUT2D eigenvalue weighted by Crippen LogP contribution is -2.47. The van der Waals surface area contributed by atoms with Crippen molar-refractivity contribution in [1.82, 2.24) is 10.2 Å². The second kappa shape index (κ2) is 7.39. The highest BCUT2D eigenvalue weighted by Gasteiger charge is 2.40. The number of ether oxygens (including phenoxy) is 1. The van der Waals surface area contributed by atoms with E-state index in [2.05, 4.69) is 25.6 Å². The topological polar surface area (TPSA) is 88.1 Å². The molecule has 1 N–H and O–H groups in total. The Kier molecular flexibility index (Phi) is 4.82. The number of fused-ring (bicyclic) bond motifs is 2. The number of hydrogen-bond donors (Lipinski definition) is 1. The molecule has 1 unspecified atom stereocenters. The van der Waals surface area contributed by atoms with Gasteiger partial charge in [-0.05, 0) is 43.2 Å². The highest BCUT2D eigenvalue weighted by atomic mass is 79.9. The Labute approximate surface area is 183 Å². The van der Waals surface area contributed by atoms with Crippen molar-refractivity contribution < 1.29 is 17.9 Å². The number of likely N-dealkylation sites (tertiary alicyclic amines) is 1. The summed E-state index contributed by atoms with van der Waals surface area (Å²) in [5.41, 5.74) is 1.51. The third kappa shape index (κ3) is 3.30. The zero-order valence-electron chi connectivity index (χ0n) is 16.0. The lowest BCUT2D eigenvalue weighted by atomic mass is 10.00. The van der Waals surface area contributed by atoms with Crippen LogP contribution < -0.4 is 10.1 Å². The maximum absolute atomic E-state index is 13.2. The van der Waals surface area contributed by atoms with Gasteiger partial charge in [-0.2, -0.15) is 8.42 Å². The Bertz CT molecular complexity index is 1160. The van der Waals surface area contributed by atoms with Crippen molar-refractivity contribution in [3.63, 3.8) is 0 Å². The molecule has 2 aromatic rings. The molecular formula is C21H20BrN3O4S. The number of carbonyl (C=O) groups excluding carboxylic acids is 1. The SMILES string of the molecule is O=C(NC1CCOc2ccc(Br)cc21)[C@@H]1CCCN1C1=NS(=O)(=O)c2ccccc21. The smallest absolute Gasteiger partial charge is 0.285 e. The van der Waals surface area contributed by atoms with E-state index in [0.29, 0.717) is 37.4 Å². The van der Waals surface area contributed by atoms with Crippen LogP contribution in [-0.4, -0.2) is 44.3 Å². The summed E-state index contributed by atoms with van der Waals surface area (Å²) in [6.45, 7) is 1.13. The highest BCUT2D eigenvalue weighted by molar-refractivity contribution is 9.10. The fourth-order valence-corrected chi connectivity index (χ4v) is 5.97. The van der Waals surface area contributed by atoms with Crippen LogP contribution in [0.1, 0.15) is 36.4 Å². The number of nitrogens with zero attached hydrogens (tertiary/aromatic N) is 2. The number of carbonyl (C=O) groups is 1. The van der Waals surface area contributed by atoms with Crippen LogP contribution in [0.5, 0.6) is 5.75 Å². The van der Waals surface area contributed by atoms with E-state index in [9.17, 15) is 13.2 Å². The summed E-state index contributed by atoms with van der Waals surface area (Å²) < 4.78 is 35.5. The summed E-state index contributed by atoms with van der Waals surface area (Å²) in [4.78, 5) is 15.3. The van der Waals surface area contributed by atoms with Gasteiger partial charge in [0.15, 0.2) is 5.84 Å². The van der Waals surface area contributed by atoms with Gasteiger partial charge < -0.3 is 15.0 Å². The van der Waals surface area contributed by atoms with Gasteiger partial charge >= 0.3 is 0 Å². The fourth-order valence-electron chi connectivity index (χ4n) is 4.37. The van der Waals surface area contributed by atoms with Crippen molar-refractivity contribution in [3.05, 3.63) is 58.1 Å². The minimum Gasteiger partial charge on any atom is -0.493 e. The van der Waals surface area contributed by atoms with Crippen molar-refractivity contribution in [3.8, 4) is 5.75 Å². The number of benzene rings is 2. The standard InChI is InChI=1S/C21H20BrN3O4S/c22-13-7-8-18-15(12-13)16(9-11-29-18)23-21(26)17-5-3-10-25(17)20-14-4-1-2-6-19(14)30(27,28)24-20/h1-2,4,6-8,12,16-17H,3,5,9-11H2,(H,23,26)/t16?,17-/m0/s1. The molecule has 1 amide bonds. The van der Waals surface area contributed by atoms with Crippen LogP contribution in [0, 0.1) is 0 Å². The van der Waals surface area contributed by atoms with Gasteiger partial charge in [0.2, 0.25) is 5.91 Å². The summed E-state index contributed by atoms with van der Waals surface area (Å²) in [7, 11) is -3.72. The number of halogens is 1. The summed E-state index contributed by atoms with van der Waals surface area (Å²) in [6, 6.07) is 12.0. The maximum atomic E-state index is 13.2. The van der Waals surface area contributed by atoms with Gasteiger partial charge in [-0.3, -0.25) is 4.79 Å². The fraction of sp³-hybridized carbons (Fsp3) is 0.333. The average molecular weight is 490 g/mol. The number of nitrogens with one attached hydrogen (secondary N) is 1. The number of sulfonamides is 1. The van der Waals surface area contributed by atoms with Crippen LogP contribution in [0.4, 0.5) is 0 Å². The Morgan fingerprint density at radius 2 is 2.03 bits per heavy atom. The van der Waals surface area contributed by atoms with Crippen molar-refractivity contribution in [2.45, 2.75) is 36.2 Å². The lowest BCUT2D eigenvalue weighted by Gasteiger charge is -2.30. The van der Waals surface area contributed by atoms with Gasteiger partial charge in [-0.25, -0.2) is 0 Å². The molecule has 0 aliphatic carbocycles. The Hall–Kier alpha value is -2.39. The van der Waals surface area contributed by atoms with E-state index in [-0.39, 0.29) is 16.8 Å². The first-order valence-corrected chi connectivity index (χ1v) is 12.1. The maximum Gasteiger partial charge on any atom is 0.285 e. The zero-order chi connectivity index (χ0) is 20.9. The average Bonchev–Trinajstić information content (AvgIpc) is 3.31. The normalized spacial score (nSPS) is 23.9. The summed E-state index contributed by atoms with van der Waals surface area (Å²) in [5.74, 6) is 1.03. The molecule has 9 heteroatoms. The van der Waals surface area contributed by atoms with E-state index in [1.54, 1.807) is 24.3 Å². The van der Waals surface area contributed by atoms with Crippen molar-refractivity contribution in [1.29, 1.82) is 0 Å². The molecule has 0 bridgehead atoms. The second-order valence-corrected chi connectivity index (χ2v) is 10.1. The van der Waals surface area contributed by atoms with Crippen LogP contribution in [0.15, 0.2) is 56.2 Å². The van der Waals surface area contributed by atoms with E-state index >= 15 is 0 Å². The van der Waals surface area contributed by atoms with E-state index in [4.69, 9.17) is 4.74 Å². The zero-order valence-corrected chi connectivity index (χ0v) is 18.4. The van der Waals surface area contributed by atoms with Gasteiger partial charge in [-0.1, -0.05) is 28.1 Å². The van der Waals surface area contributed by atoms with Crippen molar-refractivity contribution in [2.75, 3.05) is 13.2 Å². The third-order valence-corrected chi connectivity index (χ3v) is 7.59. The molecule has 2 atom stereocenters. The summed E-state index contributed by atoms with van der Waals surface area (Å²) >= 11 is 3.48. The largest absolute Gasteiger partial charge is 0.493 e. The van der Waals surface area contributed by atoms with E-state index in [0.717, 1.165) is 22.2 Å². The Morgan fingerprint density at radius 1 is 1.20 bits per heavy atom. The molecule has 0 saturated carbocycles. The molecule has 30 heavy (non-hydrogen) atoms. The molecule has 0 aromatic heterocycles. The molecule has 3 aliphatic heterocycles. The molecule has 0 spiro atoms. The Balaban J connectivity index is 1.41. The quantitative estimate of drug-likeness (QED) is 0.700. The van der Waals surface area contributed by atoms with Gasteiger partial charge in [0.05, 0.1) is 12.6 Å². The number of amidine groups is 1. The van der Waals surface area contributed by atoms with Crippen LogP contribution in [-0.2, 0) is 14.8 Å². The van der Waals surface area contributed by atoms with Crippen molar-refractivity contribution in [2.24, 2.45) is 4.40 Å². The molecule has 3 heterocycles. The summed E-state index contributed by atoms with van der Waals surface area (Å²) in [5, 5.41) is 3.16. The Morgan fingerprint density at radius 3 is 2.90 bits per heavy atom. The van der Waals surface area contributed by atoms with Gasteiger partial charge in [0.25, 0.3) is 10.0 Å². The monoisotopic (exact) mass is 489 g/mol. The van der Waals surface area contributed by atoms with Crippen LogP contribution in [0.3, 0.4) is 0 Å². The predicted molar refractivity (Wildman–Crippen MR) is 115 cm³/mol. The molecule has 5 rings (SSSR count). The molecule has 156 valence electrons. The highest BCUT2D eigenvalue weighted by Crippen LogP contribution is 2.35. The van der Waals surface area contributed by atoms with Crippen molar-refractivity contribution >= 4 is 37.7 Å². The van der Waals surface area contributed by atoms with Crippen LogP contribution in [0.2, 0.25) is 0 Å². The minimum atomic E-state index is -3.72. The third-order valence-electron chi connectivity index (χ3n) is 5.77. The molecular weight excluding hydrogens is 470 g/mol. The molecule has 0 radical (unpaired) electrons. The number of rotatable bonds is 2. The first kappa shape index (κ1) is 19.6. The van der Waals surface area contributed by atoms with Crippen LogP contribution >= 0.6 is 15.9 Å². The van der Waals surface area contributed by atoms with E-state index in [1.807, 2.05) is 23.1 Å². The second-order valence-electron chi connectivity index (χ2n) is 7.62. The minimum absolute atomic E-state index is 0.116. The van der Waals surface area contributed by atoms with Gasteiger partial charge in [0.1, 0.15) is 16.7 Å². The molecule has 1 fully saturated rings. The summed E-state index contributed by atoms with van der Waals surface area (Å²) in [6.07, 6.45) is 2.14. The first-order valence-electron chi connectivity index (χ1n) is 9.88. The van der Waals surface area contributed by atoms with Crippen LogP contribution in [0.25, 0.3) is 0 Å². The molecule has 1 saturated heterocycles. The molecule has 2 aromatic carbocycles.